The van der Waals surface area contributed by atoms with Crippen molar-refractivity contribution in [3.05, 3.63) is 0 Å². The lowest BCUT2D eigenvalue weighted by Crippen LogP contribution is -2.30. The molecule has 0 rings (SSSR count). The Balaban J connectivity index is 4.30. The molecule has 6 nitrogen and oxygen atoms in total. The molecule has 2 atom stereocenters. The number of hydrogen-bond donors (Lipinski definition) is 0. The topological polar surface area (TPSA) is 78.9 Å². The molecule has 0 aliphatic carbocycles. The summed E-state index contributed by atoms with van der Waals surface area (Å²) in [6.45, 7) is 11.5. The summed E-state index contributed by atoms with van der Waals surface area (Å²) in [5, 5.41) is 0. The highest BCUT2D eigenvalue weighted by molar-refractivity contribution is 5.71. The minimum Gasteiger partial charge on any atom is -0.462 e. The molecule has 6 heteroatoms. The van der Waals surface area contributed by atoms with Gasteiger partial charge in [-0.05, 0) is 31.1 Å². The smallest absolute Gasteiger partial charge is 0.306 e. The van der Waals surface area contributed by atoms with Gasteiger partial charge in [-0.2, -0.15) is 0 Å². The molecule has 0 aliphatic rings. The van der Waals surface area contributed by atoms with Gasteiger partial charge in [-0.3, -0.25) is 14.4 Å². The molecule has 0 bridgehead atoms. The molecular weight excluding hydrogens is 817 g/mol. The molecule has 0 heterocycles. The second-order valence-corrected chi connectivity index (χ2v) is 21.4. The van der Waals surface area contributed by atoms with Crippen molar-refractivity contribution in [1.82, 2.24) is 0 Å². The predicted octanol–water partition coefficient (Wildman–Crippen LogP) is 19.7. The van der Waals surface area contributed by atoms with Crippen LogP contribution in [0, 0.1) is 11.8 Å². The molecule has 0 aromatic rings. The summed E-state index contributed by atoms with van der Waals surface area (Å²) in [6.07, 6.45) is 56.5. The van der Waals surface area contributed by atoms with Crippen molar-refractivity contribution in [3.8, 4) is 0 Å². The Morgan fingerprint density at radius 1 is 0.318 bits per heavy atom. The van der Waals surface area contributed by atoms with Crippen LogP contribution in [0.25, 0.3) is 0 Å². The van der Waals surface area contributed by atoms with E-state index in [4.69, 9.17) is 14.2 Å². The highest BCUT2D eigenvalue weighted by atomic mass is 16.6. The molecule has 0 saturated heterocycles. The SMILES string of the molecule is CCCCCCCCCCCCCCCCC(=O)OC[C@H](COC(=O)CCCCCCCCCCCCCCCC(C)C)OC(=O)CCCCCCCCCCCCCCCCC(C)CC. The van der Waals surface area contributed by atoms with Crippen LogP contribution in [0.2, 0.25) is 0 Å². The second kappa shape index (κ2) is 52.8. The lowest BCUT2D eigenvalue weighted by atomic mass is 9.99. The molecule has 392 valence electrons. The molecule has 0 fully saturated rings. The van der Waals surface area contributed by atoms with E-state index in [1.807, 2.05) is 0 Å². The van der Waals surface area contributed by atoms with Crippen molar-refractivity contribution in [2.45, 2.75) is 343 Å². The molecule has 1 unspecified atom stereocenters. The van der Waals surface area contributed by atoms with E-state index in [-0.39, 0.29) is 31.1 Å². The van der Waals surface area contributed by atoms with E-state index in [0.717, 1.165) is 69.6 Å². The Morgan fingerprint density at radius 3 is 0.864 bits per heavy atom. The van der Waals surface area contributed by atoms with Gasteiger partial charge in [0, 0.05) is 19.3 Å². The number of ether oxygens (including phenoxy) is 3. The first-order chi connectivity index (χ1) is 32.3. The largest absolute Gasteiger partial charge is 0.462 e. The third kappa shape index (κ3) is 51.8. The zero-order valence-corrected chi connectivity index (χ0v) is 45.3. The first-order valence-electron chi connectivity index (χ1n) is 29.8. The van der Waals surface area contributed by atoms with E-state index in [9.17, 15) is 14.4 Å². The van der Waals surface area contributed by atoms with Gasteiger partial charge < -0.3 is 14.2 Å². The Kier molecular flexibility index (Phi) is 51.5. The Bertz CT molecular complexity index is 1010. The van der Waals surface area contributed by atoms with Crippen LogP contribution in [-0.4, -0.2) is 37.2 Å². The summed E-state index contributed by atoms with van der Waals surface area (Å²) in [4.78, 5) is 38.2. The normalized spacial score (nSPS) is 12.5. The number of esters is 3. The van der Waals surface area contributed by atoms with Gasteiger partial charge in [0.25, 0.3) is 0 Å². The molecule has 0 aliphatic heterocycles. The maximum atomic E-state index is 12.9. The summed E-state index contributed by atoms with van der Waals surface area (Å²) in [7, 11) is 0. The fraction of sp³-hybridized carbons (Fsp3) is 0.950. The average Bonchev–Trinajstić information content (AvgIpc) is 3.30. The fourth-order valence-corrected chi connectivity index (χ4v) is 9.20. The summed E-state index contributed by atoms with van der Waals surface area (Å²) in [5.74, 6) is 0.898. The van der Waals surface area contributed by atoms with Gasteiger partial charge in [0.05, 0.1) is 0 Å². The average molecular weight is 934 g/mol. The van der Waals surface area contributed by atoms with Crippen LogP contribution in [-0.2, 0) is 28.6 Å². The van der Waals surface area contributed by atoms with Crippen molar-refractivity contribution in [2.75, 3.05) is 13.2 Å². The third-order valence-electron chi connectivity index (χ3n) is 14.1. The van der Waals surface area contributed by atoms with Crippen LogP contribution >= 0.6 is 0 Å². The third-order valence-corrected chi connectivity index (χ3v) is 14.1. The van der Waals surface area contributed by atoms with Crippen molar-refractivity contribution < 1.29 is 28.6 Å². The van der Waals surface area contributed by atoms with E-state index in [0.29, 0.717) is 19.3 Å². The van der Waals surface area contributed by atoms with Crippen LogP contribution in [0.5, 0.6) is 0 Å². The first-order valence-corrected chi connectivity index (χ1v) is 29.8. The van der Waals surface area contributed by atoms with E-state index < -0.39 is 6.10 Å². The molecule has 0 N–H and O–H groups in total. The number of hydrogen-bond acceptors (Lipinski definition) is 6. The van der Waals surface area contributed by atoms with Crippen LogP contribution < -0.4 is 0 Å². The summed E-state index contributed by atoms with van der Waals surface area (Å²) < 4.78 is 16.9. The summed E-state index contributed by atoms with van der Waals surface area (Å²) in [6, 6.07) is 0. The Labute approximate surface area is 412 Å². The quantitative estimate of drug-likeness (QED) is 0.0343. The Morgan fingerprint density at radius 2 is 0.576 bits per heavy atom. The van der Waals surface area contributed by atoms with E-state index in [1.165, 1.54) is 225 Å². The fourth-order valence-electron chi connectivity index (χ4n) is 9.20. The van der Waals surface area contributed by atoms with Gasteiger partial charge in [-0.15, -0.1) is 0 Å². The minimum absolute atomic E-state index is 0.0624. The second-order valence-electron chi connectivity index (χ2n) is 21.4. The molecular formula is C60H116O6. The van der Waals surface area contributed by atoms with Gasteiger partial charge in [0.1, 0.15) is 13.2 Å². The zero-order chi connectivity index (χ0) is 48.2. The van der Waals surface area contributed by atoms with Crippen molar-refractivity contribution >= 4 is 17.9 Å². The molecule has 0 amide bonds. The number of unbranched alkanes of at least 4 members (excludes halogenated alkanes) is 38. The van der Waals surface area contributed by atoms with Gasteiger partial charge in [-0.25, -0.2) is 0 Å². The standard InChI is InChI=1S/C60H116O6/c1-6-8-9-10-11-12-13-14-20-25-30-35-40-45-50-58(61)64-53-57(54-65-59(62)51-46-41-36-31-26-22-17-18-23-28-33-38-43-48-55(3)4)66-60(63)52-47-42-37-32-27-21-16-15-19-24-29-34-39-44-49-56(5)7-2/h55-57H,6-54H2,1-5H3/t56?,57-/m1/s1. The Hall–Kier alpha value is -1.59. The van der Waals surface area contributed by atoms with Crippen molar-refractivity contribution in [1.29, 1.82) is 0 Å². The van der Waals surface area contributed by atoms with Crippen LogP contribution in [0.3, 0.4) is 0 Å². The summed E-state index contributed by atoms with van der Waals surface area (Å²) in [5.41, 5.74) is 0. The number of rotatable bonds is 54. The number of carbonyl (C=O) groups excluding carboxylic acids is 3. The maximum Gasteiger partial charge on any atom is 0.306 e. The maximum absolute atomic E-state index is 12.9. The van der Waals surface area contributed by atoms with Gasteiger partial charge in [0.2, 0.25) is 0 Å². The van der Waals surface area contributed by atoms with E-state index in [2.05, 4.69) is 34.6 Å². The van der Waals surface area contributed by atoms with Crippen molar-refractivity contribution in [2.24, 2.45) is 11.8 Å². The monoisotopic (exact) mass is 933 g/mol. The minimum atomic E-state index is -0.763. The van der Waals surface area contributed by atoms with Crippen LogP contribution in [0.15, 0.2) is 0 Å². The molecule has 0 spiro atoms. The van der Waals surface area contributed by atoms with Crippen LogP contribution in [0.1, 0.15) is 336 Å². The van der Waals surface area contributed by atoms with Gasteiger partial charge >= 0.3 is 17.9 Å². The zero-order valence-electron chi connectivity index (χ0n) is 45.3. The molecule has 0 aromatic carbocycles. The van der Waals surface area contributed by atoms with Crippen LogP contribution in [0.4, 0.5) is 0 Å². The molecule has 0 aromatic heterocycles. The molecule has 66 heavy (non-hydrogen) atoms. The first kappa shape index (κ1) is 64.4. The highest BCUT2D eigenvalue weighted by Gasteiger charge is 2.19. The lowest BCUT2D eigenvalue weighted by molar-refractivity contribution is -0.167. The van der Waals surface area contributed by atoms with Gasteiger partial charge in [-0.1, -0.05) is 298 Å². The predicted molar refractivity (Wildman–Crippen MR) is 284 cm³/mol. The highest BCUT2D eigenvalue weighted by Crippen LogP contribution is 2.19. The van der Waals surface area contributed by atoms with E-state index >= 15 is 0 Å². The molecule has 0 radical (unpaired) electrons. The number of carbonyl (C=O) groups is 3. The summed E-state index contributed by atoms with van der Waals surface area (Å²) >= 11 is 0. The lowest BCUT2D eigenvalue weighted by Gasteiger charge is -2.18. The molecule has 0 saturated carbocycles. The van der Waals surface area contributed by atoms with Gasteiger partial charge in [0.15, 0.2) is 6.10 Å². The van der Waals surface area contributed by atoms with Crippen molar-refractivity contribution in [3.63, 3.8) is 0 Å². The van der Waals surface area contributed by atoms with E-state index in [1.54, 1.807) is 0 Å².